The van der Waals surface area contributed by atoms with Gasteiger partial charge < -0.3 is 15.3 Å². The van der Waals surface area contributed by atoms with Gasteiger partial charge in [0, 0.05) is 0 Å². The largest absolute Gasteiger partial charge is 0.393 e. The van der Waals surface area contributed by atoms with E-state index in [9.17, 15) is 15.3 Å². The van der Waals surface area contributed by atoms with E-state index in [4.69, 9.17) is 0 Å². The summed E-state index contributed by atoms with van der Waals surface area (Å²) in [7, 11) is 0. The molecule has 0 aromatic rings. The Morgan fingerprint density at radius 2 is 1.00 bits per heavy atom. The second-order valence-corrected chi connectivity index (χ2v) is 24.4. The molecule has 8 aliphatic rings. The van der Waals surface area contributed by atoms with Crippen LogP contribution in [0.3, 0.4) is 0 Å². The van der Waals surface area contributed by atoms with Crippen molar-refractivity contribution in [3.05, 3.63) is 23.3 Å². The van der Waals surface area contributed by atoms with Crippen LogP contribution in [0.1, 0.15) is 204 Å². The number of aliphatic hydroxyl groups excluding tert-OH is 3. The number of allylic oxidation sites excluding steroid dienone is 2. The molecule has 0 radical (unpaired) electrons. The average Bonchev–Trinajstić information content (AvgIpc) is 3.71. The Kier molecular flexibility index (Phi) is 13.4. The first-order valence-electron chi connectivity index (χ1n) is 25.4. The lowest BCUT2D eigenvalue weighted by Gasteiger charge is -2.58. The van der Waals surface area contributed by atoms with Crippen LogP contribution >= 0.6 is 0 Å². The van der Waals surface area contributed by atoms with Gasteiger partial charge in [-0.1, -0.05) is 112 Å². The lowest BCUT2D eigenvalue weighted by atomic mass is 9.47. The Morgan fingerprint density at radius 1 is 0.544 bits per heavy atom. The summed E-state index contributed by atoms with van der Waals surface area (Å²) in [5.41, 5.74) is 5.05. The maximum Gasteiger partial charge on any atom is 0.0577 e. The van der Waals surface area contributed by atoms with Gasteiger partial charge in [0.25, 0.3) is 0 Å². The van der Waals surface area contributed by atoms with Gasteiger partial charge in [-0.15, -0.1) is 0 Å². The molecule has 8 rings (SSSR count). The SMILES string of the molecule is CC(C)C(O)CC[C@@H](C)[C@H]1CC[C@H]2[C@@H]3CC=C4C[C@@H](O)CC[C@]4(C)[C@H]3CC[C@]12C.CC(C)CCC[C@@H](C)[C@H]1CC[C@H]2[C@@H]3CC=C4C[C@@H](O)CC[C@]4(C)[C@H]3CC[C@]12C. The molecule has 6 saturated carbocycles. The smallest absolute Gasteiger partial charge is 0.0577 e. The Labute approximate surface area is 352 Å². The number of aliphatic hydroxyl groups is 3. The van der Waals surface area contributed by atoms with Gasteiger partial charge in [-0.25, -0.2) is 0 Å². The summed E-state index contributed by atoms with van der Waals surface area (Å²) < 4.78 is 0. The molecule has 0 aromatic carbocycles. The molecule has 0 saturated heterocycles. The summed E-state index contributed by atoms with van der Waals surface area (Å²) in [5, 5.41) is 30.7. The predicted octanol–water partition coefficient (Wildman–Crippen LogP) is 13.7. The van der Waals surface area contributed by atoms with Gasteiger partial charge in [0.2, 0.25) is 0 Å². The number of rotatable bonds is 10. The van der Waals surface area contributed by atoms with Crippen LogP contribution in [-0.2, 0) is 0 Å². The third-order valence-corrected chi connectivity index (χ3v) is 20.8. The van der Waals surface area contributed by atoms with Gasteiger partial charge in [0.1, 0.15) is 0 Å². The molecule has 0 spiro atoms. The quantitative estimate of drug-likeness (QED) is 0.193. The zero-order valence-electron chi connectivity index (χ0n) is 39.0. The summed E-state index contributed by atoms with van der Waals surface area (Å²) in [6.45, 7) is 24.5. The zero-order chi connectivity index (χ0) is 41.1. The van der Waals surface area contributed by atoms with E-state index in [2.05, 4.69) is 81.4 Å². The predicted molar refractivity (Wildman–Crippen MR) is 239 cm³/mol. The van der Waals surface area contributed by atoms with E-state index in [0.717, 1.165) is 97.2 Å². The summed E-state index contributed by atoms with van der Waals surface area (Å²) in [5.74, 6) is 9.97. The minimum atomic E-state index is -0.137. The molecule has 8 aliphatic carbocycles. The number of hydrogen-bond acceptors (Lipinski definition) is 3. The van der Waals surface area contributed by atoms with Crippen molar-refractivity contribution in [3.63, 3.8) is 0 Å². The van der Waals surface area contributed by atoms with Gasteiger partial charge in [0.05, 0.1) is 18.3 Å². The fourth-order valence-electron chi connectivity index (χ4n) is 17.3. The Balaban J connectivity index is 0.000000174. The fourth-order valence-corrected chi connectivity index (χ4v) is 17.3. The van der Waals surface area contributed by atoms with Crippen molar-refractivity contribution in [1.82, 2.24) is 0 Å². The highest BCUT2D eigenvalue weighted by atomic mass is 16.3. The van der Waals surface area contributed by atoms with Gasteiger partial charge in [-0.05, 0) is 208 Å². The molecular formula is C54H92O3. The zero-order valence-corrected chi connectivity index (χ0v) is 39.0. The normalized spacial score (nSPS) is 46.5. The standard InChI is InChI=1S/C27H46O2.C27H46O/c1-17(2)25(29)11-6-18(3)22-9-10-23-21-8-7-19-16-20(28)12-14-26(19,4)24(21)13-15-27(22,23)5;1-18(2)7-6-8-19(3)23-11-12-24-22-10-9-20-17-21(28)13-15-26(20,4)25(22)14-16-27(23,24)5/h7,17-18,20-25,28-29H,6,8-16H2,1-5H3;9,18-19,21-25,28H,6-8,10-17H2,1-5H3/t18-,20+,21+,22-,23+,24+,25?,26+,27-;19-,21+,22+,23-,24+,25+,26+,27-/m11/s1. The molecule has 0 heterocycles. The summed E-state index contributed by atoms with van der Waals surface area (Å²) >= 11 is 0. The minimum Gasteiger partial charge on any atom is -0.393 e. The highest BCUT2D eigenvalue weighted by Crippen LogP contribution is 2.69. The highest BCUT2D eigenvalue weighted by Gasteiger charge is 2.60. The fraction of sp³-hybridized carbons (Fsp3) is 0.926. The molecule has 1 unspecified atom stereocenters. The van der Waals surface area contributed by atoms with E-state index in [1.54, 1.807) is 11.1 Å². The van der Waals surface area contributed by atoms with E-state index in [0.29, 0.717) is 27.6 Å². The lowest BCUT2D eigenvalue weighted by Crippen LogP contribution is -2.50. The average molecular weight is 789 g/mol. The molecule has 326 valence electrons. The van der Waals surface area contributed by atoms with E-state index in [1.807, 2.05) is 0 Å². The molecule has 0 amide bonds. The molecule has 3 N–H and O–H groups in total. The summed E-state index contributed by atoms with van der Waals surface area (Å²) in [4.78, 5) is 0. The molecule has 3 nitrogen and oxygen atoms in total. The third kappa shape index (κ3) is 8.23. The van der Waals surface area contributed by atoms with Crippen molar-refractivity contribution in [1.29, 1.82) is 0 Å². The second kappa shape index (κ2) is 17.3. The monoisotopic (exact) mass is 789 g/mol. The highest BCUT2D eigenvalue weighted by molar-refractivity contribution is 5.27. The van der Waals surface area contributed by atoms with E-state index in [1.165, 1.54) is 103 Å². The first-order chi connectivity index (χ1) is 26.9. The van der Waals surface area contributed by atoms with Crippen molar-refractivity contribution >= 4 is 0 Å². The molecule has 57 heavy (non-hydrogen) atoms. The van der Waals surface area contributed by atoms with Crippen LogP contribution in [-0.4, -0.2) is 33.6 Å². The van der Waals surface area contributed by atoms with Crippen LogP contribution in [0, 0.1) is 92.7 Å². The van der Waals surface area contributed by atoms with Gasteiger partial charge in [-0.3, -0.25) is 0 Å². The first-order valence-corrected chi connectivity index (χ1v) is 25.4. The van der Waals surface area contributed by atoms with E-state index in [-0.39, 0.29) is 18.3 Å². The number of fused-ring (bicyclic) bond motifs is 10. The Hall–Kier alpha value is -0.640. The maximum atomic E-state index is 10.3. The molecular weight excluding hydrogens is 697 g/mol. The van der Waals surface area contributed by atoms with Gasteiger partial charge in [0.15, 0.2) is 0 Å². The van der Waals surface area contributed by atoms with E-state index < -0.39 is 0 Å². The molecule has 0 aromatic heterocycles. The van der Waals surface area contributed by atoms with Crippen molar-refractivity contribution in [3.8, 4) is 0 Å². The van der Waals surface area contributed by atoms with Crippen LogP contribution in [0.25, 0.3) is 0 Å². The first kappa shape index (κ1) is 44.4. The van der Waals surface area contributed by atoms with Crippen LogP contribution < -0.4 is 0 Å². The van der Waals surface area contributed by atoms with Crippen LogP contribution in [0.4, 0.5) is 0 Å². The third-order valence-electron chi connectivity index (χ3n) is 20.8. The molecule has 0 bridgehead atoms. The Bertz CT molecular complexity index is 1430. The summed E-state index contributed by atoms with van der Waals surface area (Å²) in [6, 6.07) is 0. The molecule has 3 heteroatoms. The van der Waals surface area contributed by atoms with Crippen LogP contribution in [0.2, 0.25) is 0 Å². The van der Waals surface area contributed by atoms with Crippen LogP contribution in [0.15, 0.2) is 23.3 Å². The number of hydrogen-bond donors (Lipinski definition) is 3. The van der Waals surface area contributed by atoms with Crippen molar-refractivity contribution < 1.29 is 15.3 Å². The molecule has 17 atom stereocenters. The van der Waals surface area contributed by atoms with Crippen LogP contribution in [0.5, 0.6) is 0 Å². The lowest BCUT2D eigenvalue weighted by molar-refractivity contribution is -0.0579. The van der Waals surface area contributed by atoms with Gasteiger partial charge in [-0.2, -0.15) is 0 Å². The minimum absolute atomic E-state index is 0.0766. The van der Waals surface area contributed by atoms with Crippen molar-refractivity contribution in [2.24, 2.45) is 92.7 Å². The summed E-state index contributed by atoms with van der Waals surface area (Å²) in [6.07, 6.45) is 31.6. The molecule has 6 fully saturated rings. The maximum absolute atomic E-state index is 10.3. The molecule has 0 aliphatic heterocycles. The van der Waals surface area contributed by atoms with E-state index >= 15 is 0 Å². The topological polar surface area (TPSA) is 60.7 Å². The van der Waals surface area contributed by atoms with Gasteiger partial charge >= 0.3 is 0 Å². The Morgan fingerprint density at radius 3 is 1.44 bits per heavy atom. The van der Waals surface area contributed by atoms with Crippen molar-refractivity contribution in [2.45, 2.75) is 222 Å². The van der Waals surface area contributed by atoms with Crippen molar-refractivity contribution in [2.75, 3.05) is 0 Å². The second-order valence-electron chi connectivity index (χ2n) is 24.4.